The zero-order valence-corrected chi connectivity index (χ0v) is 24.0. The molecule has 1 aromatic carbocycles. The monoisotopic (exact) mass is 484 g/mol. The average Bonchev–Trinajstić information content (AvgIpc) is 3.07. The van der Waals surface area contributed by atoms with E-state index in [1.54, 1.807) is 39.0 Å². The standard InChI is InChI=1S/C22H24N4O6.2Na/c1-11-8-17(27)20(21(30)26(11)4)24-22(31)23-16(10-18(28)29)14-6-5-7-15(9-14)19-12(2)25-32-13(19)3;;/h5-9,16,27H,10H2,1-4H3,(H,28,29)(H2,23,24,31);;/q;2*+1/p-2/t16-;;/m0../s1. The second-order valence-electron chi connectivity index (χ2n) is 7.44. The third kappa shape index (κ3) is 6.74. The smallest absolute Gasteiger partial charge is 0.871 e. The molecule has 0 aliphatic rings. The summed E-state index contributed by atoms with van der Waals surface area (Å²) in [4.78, 5) is 36.2. The molecule has 0 bridgehead atoms. The summed E-state index contributed by atoms with van der Waals surface area (Å²) in [6, 6.07) is 6.24. The molecule has 0 unspecified atom stereocenters. The van der Waals surface area contributed by atoms with Gasteiger partial charge in [0, 0.05) is 30.7 Å². The van der Waals surface area contributed by atoms with E-state index in [9.17, 15) is 24.6 Å². The van der Waals surface area contributed by atoms with Gasteiger partial charge in [0.1, 0.15) is 11.4 Å². The zero-order valence-electron chi connectivity index (χ0n) is 20.0. The zero-order chi connectivity index (χ0) is 23.6. The first-order chi connectivity index (χ1) is 15.1. The van der Waals surface area contributed by atoms with Crippen LogP contribution >= 0.6 is 0 Å². The summed E-state index contributed by atoms with van der Waals surface area (Å²) in [5, 5.41) is 32.1. The number of carboxylic acid groups (broad SMARTS) is 1. The van der Waals surface area contributed by atoms with Crippen molar-refractivity contribution in [1.29, 1.82) is 0 Å². The molecule has 0 saturated carbocycles. The number of carbonyl (C=O) groups excluding carboxylic acids is 2. The number of urea groups is 1. The molecule has 1 atom stereocenters. The first-order valence-corrected chi connectivity index (χ1v) is 9.76. The molecule has 0 aliphatic heterocycles. The van der Waals surface area contributed by atoms with Gasteiger partial charge in [0.25, 0.3) is 5.56 Å². The number of carbonyl (C=O) groups is 2. The number of benzene rings is 1. The van der Waals surface area contributed by atoms with Gasteiger partial charge in [0.15, 0.2) is 0 Å². The van der Waals surface area contributed by atoms with Gasteiger partial charge in [-0.1, -0.05) is 29.1 Å². The Labute approximate surface area is 240 Å². The minimum absolute atomic E-state index is 0. The van der Waals surface area contributed by atoms with Crippen LogP contribution in [0, 0.1) is 20.8 Å². The van der Waals surface area contributed by atoms with Crippen LogP contribution in [0.5, 0.6) is 5.75 Å². The number of aliphatic carboxylic acids is 1. The van der Waals surface area contributed by atoms with Gasteiger partial charge < -0.3 is 34.7 Å². The number of hydrogen-bond donors (Lipinski definition) is 2. The van der Waals surface area contributed by atoms with Crippen molar-refractivity contribution in [3.8, 4) is 16.9 Å². The number of aryl methyl sites for hydroxylation is 3. The molecule has 0 aliphatic carbocycles. The molecule has 0 saturated heterocycles. The summed E-state index contributed by atoms with van der Waals surface area (Å²) in [5.74, 6) is -1.42. The van der Waals surface area contributed by atoms with Crippen LogP contribution in [0.3, 0.4) is 0 Å². The minimum atomic E-state index is -1.38. The Balaban J connectivity index is 0.00000289. The molecular weight excluding hydrogens is 462 g/mol. The molecule has 34 heavy (non-hydrogen) atoms. The van der Waals surface area contributed by atoms with Crippen LogP contribution in [0.2, 0.25) is 0 Å². The normalized spacial score (nSPS) is 11.1. The Morgan fingerprint density at radius 1 is 1.18 bits per heavy atom. The molecule has 0 radical (unpaired) electrons. The molecule has 0 fully saturated rings. The van der Waals surface area contributed by atoms with Gasteiger partial charge >= 0.3 is 65.1 Å². The molecule has 0 spiro atoms. The third-order valence-electron chi connectivity index (χ3n) is 5.16. The number of amides is 2. The summed E-state index contributed by atoms with van der Waals surface area (Å²) in [5.41, 5.74) is 2.01. The van der Waals surface area contributed by atoms with Crippen LogP contribution in [-0.2, 0) is 11.8 Å². The quantitative estimate of drug-likeness (QED) is 0.333. The van der Waals surface area contributed by atoms with Crippen molar-refractivity contribution < 1.29 is 83.4 Å². The van der Waals surface area contributed by atoms with Crippen molar-refractivity contribution in [3.05, 3.63) is 63.4 Å². The molecule has 2 aromatic heterocycles. The van der Waals surface area contributed by atoms with Gasteiger partial charge in [-0.15, -0.1) is 0 Å². The van der Waals surface area contributed by atoms with E-state index in [0.29, 0.717) is 22.7 Å². The summed E-state index contributed by atoms with van der Waals surface area (Å²) < 4.78 is 6.42. The maximum absolute atomic E-state index is 12.6. The van der Waals surface area contributed by atoms with Gasteiger partial charge in [0.2, 0.25) is 0 Å². The van der Waals surface area contributed by atoms with Crippen LogP contribution < -0.4 is 85.5 Å². The van der Waals surface area contributed by atoms with Gasteiger partial charge in [-0.05, 0) is 44.0 Å². The predicted octanol–water partition coefficient (Wildman–Crippen LogP) is -4.95. The Bertz CT molecular complexity index is 1240. The Kier molecular flexibility index (Phi) is 11.1. The first kappa shape index (κ1) is 30.0. The van der Waals surface area contributed by atoms with Crippen LogP contribution in [-0.4, -0.2) is 21.7 Å². The molecular formula is C22H22N4Na2O6. The average molecular weight is 484 g/mol. The van der Waals surface area contributed by atoms with Gasteiger partial charge in [0.05, 0.1) is 11.7 Å². The maximum atomic E-state index is 12.6. The maximum Gasteiger partial charge on any atom is 1.00 e. The van der Waals surface area contributed by atoms with Gasteiger partial charge in [-0.2, -0.15) is 0 Å². The van der Waals surface area contributed by atoms with E-state index >= 15 is 0 Å². The van der Waals surface area contributed by atoms with Gasteiger partial charge in [-0.3, -0.25) is 4.79 Å². The number of rotatable bonds is 6. The summed E-state index contributed by atoms with van der Waals surface area (Å²) in [6.07, 6.45) is -0.519. The molecule has 2 amide bonds. The molecule has 3 aromatic rings. The fourth-order valence-corrected chi connectivity index (χ4v) is 3.44. The van der Waals surface area contributed by atoms with Crippen LogP contribution in [0.1, 0.15) is 35.2 Å². The molecule has 3 rings (SSSR count). The van der Waals surface area contributed by atoms with Crippen molar-refractivity contribution in [1.82, 2.24) is 15.0 Å². The minimum Gasteiger partial charge on any atom is -0.871 e. The fraction of sp³-hybridized carbons (Fsp3) is 0.273. The van der Waals surface area contributed by atoms with E-state index < -0.39 is 41.5 Å². The topological polar surface area (TPSA) is 152 Å². The summed E-state index contributed by atoms with van der Waals surface area (Å²) in [6.45, 7) is 5.13. The second-order valence-corrected chi connectivity index (χ2v) is 7.44. The van der Waals surface area contributed by atoms with E-state index in [0.717, 1.165) is 11.1 Å². The van der Waals surface area contributed by atoms with Crippen molar-refractivity contribution in [2.45, 2.75) is 33.2 Å². The number of nitrogens with zero attached hydrogens (tertiary/aromatic N) is 2. The number of carboxylic acids is 1. The fourth-order valence-electron chi connectivity index (χ4n) is 3.44. The van der Waals surface area contributed by atoms with Crippen molar-refractivity contribution in [2.75, 3.05) is 5.32 Å². The van der Waals surface area contributed by atoms with Crippen molar-refractivity contribution in [2.24, 2.45) is 7.05 Å². The molecule has 2 heterocycles. The SMILES string of the molecule is Cc1noc(C)c1-c1cccc([C@H](CC(=O)[O-])NC(=O)Nc2c([O-])cc(C)n(C)c2=O)c1.[Na+].[Na+]. The van der Waals surface area contributed by atoms with E-state index in [4.69, 9.17) is 4.52 Å². The molecule has 12 heteroatoms. The Morgan fingerprint density at radius 2 is 1.85 bits per heavy atom. The number of pyridine rings is 1. The molecule has 10 nitrogen and oxygen atoms in total. The van der Waals surface area contributed by atoms with E-state index in [1.165, 1.54) is 17.7 Å². The van der Waals surface area contributed by atoms with E-state index in [1.807, 2.05) is 6.07 Å². The van der Waals surface area contributed by atoms with Gasteiger partial charge in [-0.25, -0.2) is 4.79 Å². The number of nitrogens with one attached hydrogen (secondary N) is 2. The van der Waals surface area contributed by atoms with Crippen molar-refractivity contribution in [3.63, 3.8) is 0 Å². The number of aromatic nitrogens is 2. The summed E-state index contributed by atoms with van der Waals surface area (Å²) >= 11 is 0. The number of hydrogen-bond acceptors (Lipinski definition) is 7. The van der Waals surface area contributed by atoms with Crippen LogP contribution in [0.4, 0.5) is 10.5 Å². The first-order valence-electron chi connectivity index (χ1n) is 9.76. The predicted molar refractivity (Wildman–Crippen MR) is 112 cm³/mol. The van der Waals surface area contributed by atoms with Crippen LogP contribution in [0.15, 0.2) is 39.6 Å². The Hall–Kier alpha value is -2.08. The largest absolute Gasteiger partial charge is 1.00 e. The molecule has 2 N–H and O–H groups in total. The van der Waals surface area contributed by atoms with Crippen molar-refractivity contribution >= 4 is 17.7 Å². The van der Waals surface area contributed by atoms with E-state index in [-0.39, 0.29) is 59.1 Å². The third-order valence-corrected chi connectivity index (χ3v) is 5.16. The second kappa shape index (κ2) is 12.6. The number of anilines is 1. The molecule has 168 valence electrons. The van der Waals surface area contributed by atoms with Crippen LogP contribution in [0.25, 0.3) is 11.1 Å². The van der Waals surface area contributed by atoms with E-state index in [2.05, 4.69) is 15.8 Å². The summed E-state index contributed by atoms with van der Waals surface area (Å²) in [7, 11) is 1.47. The Morgan fingerprint density at radius 3 is 2.44 bits per heavy atom.